The molecule has 0 fully saturated rings. The minimum absolute atomic E-state index is 0.375. The molecule has 0 saturated heterocycles. The van der Waals surface area contributed by atoms with Crippen LogP contribution in [0.5, 0.6) is 5.75 Å². The molecule has 0 saturated carbocycles. The Morgan fingerprint density at radius 1 is 1.14 bits per heavy atom. The molecule has 0 aromatic heterocycles. The van der Waals surface area contributed by atoms with Gasteiger partial charge >= 0.3 is 0 Å². The molecule has 0 N–H and O–H groups in total. The predicted molar refractivity (Wildman–Crippen MR) is 115 cm³/mol. The number of hydrogen-bond acceptors (Lipinski definition) is 5. The molecule has 5 nitrogen and oxygen atoms in total. The normalized spacial score (nSPS) is 22.9. The minimum Gasteiger partial charge on any atom is -0.497 e. The van der Waals surface area contributed by atoms with Crippen LogP contribution in [-0.2, 0) is 15.9 Å². The highest BCUT2D eigenvalue weighted by Crippen LogP contribution is 2.47. The highest BCUT2D eigenvalue weighted by Gasteiger charge is 2.48. The highest BCUT2D eigenvalue weighted by atomic mass is 16.5. The van der Waals surface area contributed by atoms with E-state index in [1.807, 2.05) is 6.07 Å². The molecule has 1 unspecified atom stereocenters. The maximum atomic E-state index is 6.67. The molecule has 0 amide bonds. The van der Waals surface area contributed by atoms with E-state index >= 15 is 0 Å². The molecule has 1 aliphatic carbocycles. The summed E-state index contributed by atoms with van der Waals surface area (Å²) in [5.74, 6) is 2.67. The van der Waals surface area contributed by atoms with Crippen molar-refractivity contribution in [1.82, 2.24) is 9.80 Å². The molecular weight excluding hydrogens is 364 g/mol. The number of methoxy groups -OCH3 is 2. The number of para-hydroxylation sites is 1. The molecule has 4 rings (SSSR count). The summed E-state index contributed by atoms with van der Waals surface area (Å²) in [7, 11) is 3.42. The maximum absolute atomic E-state index is 6.67. The van der Waals surface area contributed by atoms with E-state index in [1.54, 1.807) is 14.2 Å². The molecule has 0 radical (unpaired) electrons. The van der Waals surface area contributed by atoms with Crippen molar-refractivity contribution >= 4 is 0 Å². The number of benzene rings is 1. The predicted octanol–water partition coefficient (Wildman–Crippen LogP) is 3.74. The fraction of sp³-hybridized carbons (Fsp3) is 0.500. The summed E-state index contributed by atoms with van der Waals surface area (Å²) in [5, 5.41) is 0. The van der Waals surface area contributed by atoms with Crippen LogP contribution in [0.15, 0.2) is 59.2 Å². The number of nitrogens with zero attached hydrogens (tertiary/aromatic N) is 2. The fourth-order valence-corrected chi connectivity index (χ4v) is 4.72. The first-order valence-corrected chi connectivity index (χ1v) is 10.6. The number of ether oxygens (including phenoxy) is 3. The lowest BCUT2D eigenvalue weighted by molar-refractivity contribution is 0.0833. The summed E-state index contributed by atoms with van der Waals surface area (Å²) in [6.45, 7) is 9.48. The monoisotopic (exact) mass is 396 g/mol. The first-order valence-electron chi connectivity index (χ1n) is 10.6. The molecule has 1 atom stereocenters. The molecule has 2 heterocycles. The van der Waals surface area contributed by atoms with Gasteiger partial charge in [0, 0.05) is 37.7 Å². The van der Waals surface area contributed by atoms with Crippen molar-refractivity contribution in [3.05, 3.63) is 64.8 Å². The van der Waals surface area contributed by atoms with Crippen LogP contribution in [0.25, 0.3) is 0 Å². The Labute approximate surface area is 174 Å². The second-order valence-electron chi connectivity index (χ2n) is 7.96. The van der Waals surface area contributed by atoms with Gasteiger partial charge in [-0.15, -0.1) is 0 Å². The van der Waals surface area contributed by atoms with Crippen molar-refractivity contribution in [2.75, 3.05) is 46.9 Å². The molecule has 5 heteroatoms. The van der Waals surface area contributed by atoms with Crippen molar-refractivity contribution in [3.8, 4) is 5.75 Å². The molecular formula is C24H32N2O3. The first-order chi connectivity index (χ1) is 14.1. The summed E-state index contributed by atoms with van der Waals surface area (Å²) in [5.41, 5.74) is 3.39. The molecule has 1 aromatic carbocycles. The summed E-state index contributed by atoms with van der Waals surface area (Å²) in [6, 6.07) is 8.41. The smallest absolute Gasteiger partial charge is 0.157 e. The number of fused-ring (bicyclic) bond motifs is 3. The zero-order valence-electron chi connectivity index (χ0n) is 18.0. The molecule has 156 valence electrons. The van der Waals surface area contributed by atoms with Gasteiger partial charge in [-0.05, 0) is 36.4 Å². The lowest BCUT2D eigenvalue weighted by Gasteiger charge is -2.43. The van der Waals surface area contributed by atoms with E-state index in [1.165, 1.54) is 16.7 Å². The Balaban J connectivity index is 1.69. The molecule has 2 aliphatic heterocycles. The lowest BCUT2D eigenvalue weighted by atomic mass is 9.78. The Kier molecular flexibility index (Phi) is 5.59. The summed E-state index contributed by atoms with van der Waals surface area (Å²) in [4.78, 5) is 4.90. The van der Waals surface area contributed by atoms with Gasteiger partial charge < -0.3 is 24.0 Å². The Bertz CT molecular complexity index is 826. The Morgan fingerprint density at radius 3 is 2.62 bits per heavy atom. The van der Waals surface area contributed by atoms with Crippen LogP contribution in [-0.4, -0.2) is 62.3 Å². The summed E-state index contributed by atoms with van der Waals surface area (Å²) in [6.07, 6.45) is 6.04. The van der Waals surface area contributed by atoms with Crippen LogP contribution < -0.4 is 4.74 Å². The third-order valence-corrected chi connectivity index (χ3v) is 6.35. The standard InChI is InChI=1S/C24H32N2O3/c1-5-25(6-2)11-12-26-16-19-13-22(27-3)23(28-4)14-20(19)24(17-26)15-18-9-7-8-10-21(18)29-24/h7-10,14,16H,5-6,11-13,15,17H2,1-4H3. The van der Waals surface area contributed by atoms with Crippen molar-refractivity contribution in [2.24, 2.45) is 0 Å². The first kappa shape index (κ1) is 19.9. The minimum atomic E-state index is -0.375. The van der Waals surface area contributed by atoms with Crippen LogP contribution in [0.2, 0.25) is 0 Å². The molecule has 0 bridgehead atoms. The van der Waals surface area contributed by atoms with Crippen molar-refractivity contribution < 1.29 is 14.2 Å². The Morgan fingerprint density at radius 2 is 1.93 bits per heavy atom. The van der Waals surface area contributed by atoms with E-state index in [0.717, 1.165) is 62.8 Å². The van der Waals surface area contributed by atoms with Crippen molar-refractivity contribution in [3.63, 3.8) is 0 Å². The zero-order chi connectivity index (χ0) is 20.4. The third-order valence-electron chi connectivity index (χ3n) is 6.35. The van der Waals surface area contributed by atoms with Crippen LogP contribution in [0.4, 0.5) is 0 Å². The third kappa shape index (κ3) is 3.64. The van der Waals surface area contributed by atoms with E-state index < -0.39 is 0 Å². The number of allylic oxidation sites excluding steroid dienone is 2. The lowest BCUT2D eigenvalue weighted by Crippen LogP contribution is -2.52. The second-order valence-corrected chi connectivity index (χ2v) is 7.96. The van der Waals surface area contributed by atoms with Crippen LogP contribution in [0.3, 0.4) is 0 Å². The highest BCUT2D eigenvalue weighted by molar-refractivity contribution is 5.55. The SMILES string of the molecule is CCN(CC)CCN1C=C2CC(OC)=C(OC)C=C2C2(Cc3ccccc3O2)C1. The van der Waals surface area contributed by atoms with E-state index in [9.17, 15) is 0 Å². The summed E-state index contributed by atoms with van der Waals surface area (Å²) >= 11 is 0. The van der Waals surface area contributed by atoms with Crippen LogP contribution >= 0.6 is 0 Å². The van der Waals surface area contributed by atoms with Gasteiger partial charge in [-0.2, -0.15) is 0 Å². The molecule has 3 aliphatic rings. The van der Waals surface area contributed by atoms with Gasteiger partial charge in [0.15, 0.2) is 11.4 Å². The van der Waals surface area contributed by atoms with Crippen LogP contribution in [0.1, 0.15) is 25.8 Å². The summed E-state index contributed by atoms with van der Waals surface area (Å²) < 4.78 is 17.9. The van der Waals surface area contributed by atoms with Gasteiger partial charge in [-0.1, -0.05) is 32.0 Å². The van der Waals surface area contributed by atoms with Gasteiger partial charge in [0.05, 0.1) is 20.8 Å². The van der Waals surface area contributed by atoms with E-state index in [-0.39, 0.29) is 5.60 Å². The van der Waals surface area contributed by atoms with Gasteiger partial charge in [-0.3, -0.25) is 0 Å². The topological polar surface area (TPSA) is 34.2 Å². The van der Waals surface area contributed by atoms with Crippen molar-refractivity contribution in [1.29, 1.82) is 0 Å². The van der Waals surface area contributed by atoms with Crippen molar-refractivity contribution in [2.45, 2.75) is 32.3 Å². The zero-order valence-corrected chi connectivity index (χ0v) is 18.0. The quantitative estimate of drug-likeness (QED) is 0.701. The van der Waals surface area contributed by atoms with Gasteiger partial charge in [0.2, 0.25) is 0 Å². The molecule has 1 aromatic rings. The van der Waals surface area contributed by atoms with E-state index in [2.05, 4.69) is 54.1 Å². The van der Waals surface area contributed by atoms with Gasteiger partial charge in [0.25, 0.3) is 0 Å². The fourth-order valence-electron chi connectivity index (χ4n) is 4.72. The number of likely N-dealkylation sites (N-methyl/N-ethyl adjacent to an activating group) is 1. The largest absolute Gasteiger partial charge is 0.497 e. The second kappa shape index (κ2) is 8.15. The Hall–Kier alpha value is -2.40. The van der Waals surface area contributed by atoms with E-state index in [0.29, 0.717) is 0 Å². The average Bonchev–Trinajstić information content (AvgIpc) is 3.12. The van der Waals surface area contributed by atoms with Gasteiger partial charge in [0.1, 0.15) is 11.5 Å². The number of rotatable bonds is 7. The molecule has 1 spiro atoms. The number of hydrogen-bond donors (Lipinski definition) is 0. The molecule has 29 heavy (non-hydrogen) atoms. The van der Waals surface area contributed by atoms with Crippen LogP contribution in [0, 0.1) is 0 Å². The van der Waals surface area contributed by atoms with Gasteiger partial charge in [-0.25, -0.2) is 0 Å². The maximum Gasteiger partial charge on any atom is 0.157 e. The average molecular weight is 397 g/mol. The van der Waals surface area contributed by atoms with E-state index in [4.69, 9.17) is 14.2 Å².